The highest BCUT2D eigenvalue weighted by molar-refractivity contribution is 7.99. The Bertz CT molecular complexity index is 4370. The summed E-state index contributed by atoms with van der Waals surface area (Å²) < 4.78 is 5.95. The lowest BCUT2D eigenvalue weighted by Gasteiger charge is -2.35. The lowest BCUT2D eigenvalue weighted by atomic mass is 9.68. The van der Waals surface area contributed by atoms with Crippen LogP contribution in [0, 0.1) is 21.7 Å². The summed E-state index contributed by atoms with van der Waals surface area (Å²) in [5, 5.41) is 10.6. The number of benzene rings is 12. The second-order valence-electron chi connectivity index (χ2n) is 30.8. The molecule has 0 saturated carbocycles. The first kappa shape index (κ1) is 101. The molecule has 0 atom stereocenters. The summed E-state index contributed by atoms with van der Waals surface area (Å²) in [7, 11) is 2.14. The van der Waals surface area contributed by atoms with Crippen LogP contribution >= 0.6 is 11.8 Å². The number of fused-ring (bicyclic) bond motifs is 8. The van der Waals surface area contributed by atoms with Crippen LogP contribution in [0.3, 0.4) is 0 Å². The summed E-state index contributed by atoms with van der Waals surface area (Å²) in [6.07, 6.45) is 5.08. The molecule has 0 aromatic heterocycles. The summed E-state index contributed by atoms with van der Waals surface area (Å²) in [5.41, 5.74) is 18.3. The van der Waals surface area contributed by atoms with E-state index in [0.29, 0.717) is 21.7 Å². The van der Waals surface area contributed by atoms with Gasteiger partial charge in [0.1, 0.15) is 11.5 Å². The zero-order valence-corrected chi connectivity index (χ0v) is 77.5. The standard InChI is InChI=1S/C19H16.C17H13N.C16H10O.C16H10S.4C6H14.8C2H6/c1-19(2)16-11-4-3-9-14(16)15-10-5-7-13-8-6-12-17(19)18(13)15;1-18-15-10-3-2-8-13(15)14-9-4-6-12-7-5-11-16(18)17(12)14;2*1-2-9-14-12(7-1)13-8-3-5-11-6-4-10-15(17-14)16(11)13;4*1-5-6(2,3)4;8*1-2/h3-12H,1-2H3;2-11H,1H3;2*1-10H;4*5H2,1-4H3;8*1-2H3. The Balaban J connectivity index is 0.000000641. The molecular weight excluding hydrogens is 1360 g/mol. The molecule has 0 unspecified atom stereocenters. The minimum Gasteiger partial charge on any atom is -0.456 e. The van der Waals surface area contributed by atoms with Gasteiger partial charge in [-0.3, -0.25) is 0 Å². The van der Waals surface area contributed by atoms with Crippen LogP contribution in [0.2, 0.25) is 0 Å². The van der Waals surface area contributed by atoms with E-state index >= 15 is 0 Å². The lowest BCUT2D eigenvalue weighted by Crippen LogP contribution is -2.23. The van der Waals surface area contributed by atoms with E-state index in [1.807, 2.05) is 147 Å². The topological polar surface area (TPSA) is 12.5 Å². The fraction of sp³-hybridized carbons (Fsp3) is 0.407. The molecule has 16 rings (SSSR count). The van der Waals surface area contributed by atoms with Crippen LogP contribution in [-0.4, -0.2) is 7.05 Å². The molecule has 111 heavy (non-hydrogen) atoms. The maximum Gasteiger partial charge on any atom is 0.135 e. The monoisotopic (exact) mass is 1510 g/mol. The number of rotatable bonds is 0. The summed E-state index contributed by atoms with van der Waals surface area (Å²) >= 11 is 1.87. The van der Waals surface area contributed by atoms with Crippen LogP contribution in [0.1, 0.15) is 272 Å². The average molecular weight is 1510 g/mol. The largest absolute Gasteiger partial charge is 0.456 e. The maximum absolute atomic E-state index is 5.95. The van der Waals surface area contributed by atoms with Crippen molar-refractivity contribution in [2.75, 3.05) is 11.9 Å². The molecule has 12 aromatic carbocycles. The van der Waals surface area contributed by atoms with Crippen LogP contribution in [0.4, 0.5) is 11.4 Å². The molecule has 0 bridgehead atoms. The van der Waals surface area contributed by atoms with Crippen LogP contribution in [-0.2, 0) is 5.41 Å². The van der Waals surface area contributed by atoms with Crippen molar-refractivity contribution in [1.29, 1.82) is 0 Å². The Morgan fingerprint density at radius 2 is 0.541 bits per heavy atom. The Morgan fingerprint density at radius 3 is 1.01 bits per heavy atom. The van der Waals surface area contributed by atoms with Gasteiger partial charge >= 0.3 is 0 Å². The fourth-order valence-electron chi connectivity index (χ4n) is 11.5. The number of ether oxygens (including phenoxy) is 1. The molecule has 3 heteroatoms. The molecule has 1 aliphatic carbocycles. The number of para-hydroxylation sites is 2. The minimum atomic E-state index is 0.0739. The first-order chi connectivity index (χ1) is 53.2. The number of hydrogen-bond donors (Lipinski definition) is 0. The lowest BCUT2D eigenvalue weighted by molar-refractivity contribution is 0.397. The molecule has 0 saturated heterocycles. The van der Waals surface area contributed by atoms with E-state index in [9.17, 15) is 0 Å². The van der Waals surface area contributed by atoms with Gasteiger partial charge in [0.2, 0.25) is 0 Å². The van der Waals surface area contributed by atoms with Crippen molar-refractivity contribution in [2.45, 2.75) is 276 Å². The van der Waals surface area contributed by atoms with Gasteiger partial charge in [0.05, 0.1) is 0 Å². The van der Waals surface area contributed by atoms with E-state index in [-0.39, 0.29) is 5.41 Å². The first-order valence-electron chi connectivity index (χ1n) is 42.7. The highest BCUT2D eigenvalue weighted by Crippen LogP contribution is 2.51. The van der Waals surface area contributed by atoms with Crippen LogP contribution in [0.25, 0.3) is 87.6 Å². The van der Waals surface area contributed by atoms with Crippen molar-refractivity contribution in [2.24, 2.45) is 21.7 Å². The predicted molar refractivity (Wildman–Crippen MR) is 512 cm³/mol. The van der Waals surface area contributed by atoms with E-state index in [1.54, 1.807) is 0 Å². The van der Waals surface area contributed by atoms with E-state index in [2.05, 4.69) is 355 Å². The van der Waals surface area contributed by atoms with Crippen LogP contribution in [0.5, 0.6) is 11.5 Å². The average Bonchev–Trinajstić information content (AvgIpc) is 0.728. The number of hydrogen-bond acceptors (Lipinski definition) is 3. The Hall–Kier alpha value is -8.37. The van der Waals surface area contributed by atoms with Gasteiger partial charge in [0.25, 0.3) is 0 Å². The number of nitrogens with zero attached hydrogens (tertiary/aromatic N) is 1. The van der Waals surface area contributed by atoms with Gasteiger partial charge in [0, 0.05) is 60.9 Å². The smallest absolute Gasteiger partial charge is 0.135 e. The molecule has 602 valence electrons. The van der Waals surface area contributed by atoms with Crippen LogP contribution < -0.4 is 9.64 Å². The molecule has 12 aromatic rings. The SMILES string of the molecule is CC.CC.CC.CC.CC.CC.CC.CC.CC1(C)c2ccccc2-c2cccc3cccc1c23.CCC(C)(C)C.CCC(C)(C)C.CCC(C)(C)C.CCC(C)(C)C.CN1c2ccccc2-c2cccc3cccc1c23.c1ccc2c(c1)Oc1cccc3cccc-2c13.c1ccc2c(c1)Sc1cccc3cccc-2c13. The molecule has 0 fully saturated rings. The molecule has 3 heterocycles. The van der Waals surface area contributed by atoms with Crippen molar-refractivity contribution < 1.29 is 4.74 Å². The summed E-state index contributed by atoms with van der Waals surface area (Å²) in [6.45, 7) is 72.4. The molecule has 4 aliphatic rings. The van der Waals surface area contributed by atoms with Gasteiger partial charge in [0.15, 0.2) is 0 Å². The molecular formula is C108H153NOS. The third kappa shape index (κ3) is 28.7. The third-order valence-corrected chi connectivity index (χ3v) is 20.2. The summed E-state index contributed by atoms with van der Waals surface area (Å²) in [5.74, 6) is 1.90. The highest BCUT2D eigenvalue weighted by atomic mass is 32.2. The van der Waals surface area contributed by atoms with Gasteiger partial charge in [-0.1, -0.05) is 479 Å². The van der Waals surface area contributed by atoms with E-state index in [0.717, 1.165) is 11.5 Å². The molecule has 0 N–H and O–H groups in total. The van der Waals surface area contributed by atoms with Crippen molar-refractivity contribution in [3.8, 4) is 56.0 Å². The second-order valence-corrected chi connectivity index (χ2v) is 31.9. The Kier molecular flexibility index (Phi) is 45.9. The van der Waals surface area contributed by atoms with Gasteiger partial charge in [-0.2, -0.15) is 0 Å². The van der Waals surface area contributed by atoms with Crippen molar-refractivity contribution in [3.63, 3.8) is 0 Å². The molecule has 0 spiro atoms. The molecule has 2 nitrogen and oxygen atoms in total. The zero-order chi connectivity index (χ0) is 84.5. The van der Waals surface area contributed by atoms with Gasteiger partial charge in [-0.25, -0.2) is 0 Å². The Labute approximate surface area is 686 Å². The van der Waals surface area contributed by atoms with Crippen molar-refractivity contribution >= 4 is 66.2 Å². The van der Waals surface area contributed by atoms with Gasteiger partial charge in [-0.05, 0) is 129 Å². The molecule has 0 amide bonds. The Morgan fingerprint density at radius 1 is 0.261 bits per heavy atom. The van der Waals surface area contributed by atoms with E-state index < -0.39 is 0 Å². The number of anilines is 2. The van der Waals surface area contributed by atoms with Crippen molar-refractivity contribution in [1.82, 2.24) is 0 Å². The van der Waals surface area contributed by atoms with Crippen LogP contribution in [0.15, 0.2) is 252 Å². The highest BCUT2D eigenvalue weighted by Gasteiger charge is 2.33. The van der Waals surface area contributed by atoms with Gasteiger partial charge in [-0.15, -0.1) is 0 Å². The quantitative estimate of drug-likeness (QED) is 0.150. The second kappa shape index (κ2) is 50.6. The normalized spacial score (nSPS) is 11.4. The first-order valence-corrected chi connectivity index (χ1v) is 43.5. The third-order valence-electron chi connectivity index (χ3n) is 19.0. The van der Waals surface area contributed by atoms with Gasteiger partial charge < -0.3 is 9.64 Å². The maximum atomic E-state index is 5.95. The molecule has 3 aliphatic heterocycles. The minimum absolute atomic E-state index is 0.0739. The van der Waals surface area contributed by atoms with Crippen molar-refractivity contribution in [3.05, 3.63) is 254 Å². The summed E-state index contributed by atoms with van der Waals surface area (Å²) in [4.78, 5) is 5.01. The predicted octanol–water partition coefficient (Wildman–Crippen LogP) is 37.3. The zero-order valence-electron chi connectivity index (χ0n) is 76.7. The van der Waals surface area contributed by atoms with E-state index in [4.69, 9.17) is 4.74 Å². The summed E-state index contributed by atoms with van der Waals surface area (Å²) in [6, 6.07) is 86.3. The van der Waals surface area contributed by atoms with E-state index in [1.165, 1.54) is 146 Å². The molecule has 0 radical (unpaired) electrons. The fourth-order valence-corrected chi connectivity index (χ4v) is 12.6.